The Labute approximate surface area is 90.9 Å². The average Bonchev–Trinajstić information content (AvgIpc) is 2.69. The van der Waals surface area contributed by atoms with Crippen LogP contribution in [0.3, 0.4) is 0 Å². The predicted octanol–water partition coefficient (Wildman–Crippen LogP) is 0.480. The van der Waals surface area contributed by atoms with Crippen molar-refractivity contribution >= 4 is 5.84 Å². The molecule has 0 aliphatic carbocycles. The molecule has 1 atom stereocenters. The Bertz CT molecular complexity index is 213. The summed E-state index contributed by atoms with van der Waals surface area (Å²) in [4.78, 5) is 2.20. The van der Waals surface area contributed by atoms with E-state index in [-0.39, 0.29) is 5.84 Å². The van der Waals surface area contributed by atoms with Crippen LogP contribution in [-0.4, -0.2) is 48.3 Å². The fourth-order valence-corrected chi connectivity index (χ4v) is 1.76. The largest absolute Gasteiger partial charge is 0.409 e. The standard InChI is InChI=1S/C10H21N3O2/c1-8(2)13(6-10(11)12-14)5-9-3-4-15-7-9/h8-9,14H,3-7H2,1-2H3,(H2,11,12). The summed E-state index contributed by atoms with van der Waals surface area (Å²) in [5.41, 5.74) is 5.51. The van der Waals surface area contributed by atoms with E-state index in [9.17, 15) is 0 Å². The van der Waals surface area contributed by atoms with E-state index in [0.717, 1.165) is 26.2 Å². The van der Waals surface area contributed by atoms with Crippen molar-refractivity contribution in [3.8, 4) is 0 Å². The van der Waals surface area contributed by atoms with Crippen molar-refractivity contribution in [2.24, 2.45) is 16.8 Å². The molecule has 0 aromatic rings. The van der Waals surface area contributed by atoms with E-state index in [2.05, 4.69) is 23.9 Å². The van der Waals surface area contributed by atoms with Gasteiger partial charge in [0.2, 0.25) is 0 Å². The summed E-state index contributed by atoms with van der Waals surface area (Å²) in [5, 5.41) is 11.5. The predicted molar refractivity (Wildman–Crippen MR) is 59.0 cm³/mol. The molecule has 0 bridgehead atoms. The van der Waals surface area contributed by atoms with Gasteiger partial charge in [0.25, 0.3) is 0 Å². The lowest BCUT2D eigenvalue weighted by atomic mass is 10.1. The molecule has 1 unspecified atom stereocenters. The van der Waals surface area contributed by atoms with Gasteiger partial charge in [-0.05, 0) is 26.2 Å². The number of nitrogens with zero attached hydrogens (tertiary/aromatic N) is 2. The maximum Gasteiger partial charge on any atom is 0.153 e. The zero-order chi connectivity index (χ0) is 11.3. The highest BCUT2D eigenvalue weighted by Crippen LogP contribution is 2.15. The van der Waals surface area contributed by atoms with Crippen LogP contribution >= 0.6 is 0 Å². The van der Waals surface area contributed by atoms with Crippen LogP contribution in [0.4, 0.5) is 0 Å². The fraction of sp³-hybridized carbons (Fsp3) is 0.900. The highest BCUT2D eigenvalue weighted by atomic mass is 16.5. The number of oxime groups is 1. The molecular formula is C10H21N3O2. The number of hydrogen-bond acceptors (Lipinski definition) is 4. The first-order valence-corrected chi connectivity index (χ1v) is 5.41. The van der Waals surface area contributed by atoms with Gasteiger partial charge in [-0.1, -0.05) is 5.16 Å². The normalized spacial score (nSPS) is 22.9. The van der Waals surface area contributed by atoms with Crippen molar-refractivity contribution in [3.05, 3.63) is 0 Å². The van der Waals surface area contributed by atoms with Crippen LogP contribution in [0.5, 0.6) is 0 Å². The van der Waals surface area contributed by atoms with Crippen molar-refractivity contribution in [3.63, 3.8) is 0 Å². The van der Waals surface area contributed by atoms with Crippen LogP contribution in [0.25, 0.3) is 0 Å². The Balaban J connectivity index is 2.42. The number of nitrogens with two attached hydrogens (primary N) is 1. The average molecular weight is 215 g/mol. The summed E-state index contributed by atoms with van der Waals surface area (Å²) in [6.07, 6.45) is 1.11. The molecule has 0 amide bonds. The third-order valence-electron chi connectivity index (χ3n) is 2.74. The topological polar surface area (TPSA) is 71.1 Å². The lowest BCUT2D eigenvalue weighted by Gasteiger charge is -2.27. The van der Waals surface area contributed by atoms with Crippen molar-refractivity contribution in [1.29, 1.82) is 0 Å². The molecule has 1 heterocycles. The van der Waals surface area contributed by atoms with Gasteiger partial charge in [-0.15, -0.1) is 0 Å². The summed E-state index contributed by atoms with van der Waals surface area (Å²) in [5.74, 6) is 0.849. The maximum atomic E-state index is 8.54. The number of ether oxygens (including phenoxy) is 1. The van der Waals surface area contributed by atoms with Crippen molar-refractivity contribution in [1.82, 2.24) is 4.90 Å². The van der Waals surface area contributed by atoms with Crippen LogP contribution in [-0.2, 0) is 4.74 Å². The van der Waals surface area contributed by atoms with Crippen molar-refractivity contribution < 1.29 is 9.94 Å². The van der Waals surface area contributed by atoms with Crippen molar-refractivity contribution in [2.45, 2.75) is 26.3 Å². The van der Waals surface area contributed by atoms with E-state index in [1.54, 1.807) is 0 Å². The minimum Gasteiger partial charge on any atom is -0.409 e. The molecule has 0 radical (unpaired) electrons. The van der Waals surface area contributed by atoms with Gasteiger partial charge in [0.1, 0.15) is 0 Å². The van der Waals surface area contributed by atoms with E-state index >= 15 is 0 Å². The highest BCUT2D eigenvalue weighted by molar-refractivity contribution is 5.81. The van der Waals surface area contributed by atoms with Crippen molar-refractivity contribution in [2.75, 3.05) is 26.3 Å². The van der Waals surface area contributed by atoms with Crippen LogP contribution in [0.2, 0.25) is 0 Å². The quantitative estimate of drug-likeness (QED) is 0.303. The van der Waals surface area contributed by atoms with Crippen LogP contribution in [0.1, 0.15) is 20.3 Å². The summed E-state index contributed by atoms with van der Waals surface area (Å²) >= 11 is 0. The molecular weight excluding hydrogens is 194 g/mol. The minimum atomic E-state index is 0.266. The fourth-order valence-electron chi connectivity index (χ4n) is 1.76. The molecule has 0 aromatic carbocycles. The molecule has 1 aliphatic heterocycles. The molecule has 0 aromatic heterocycles. The summed E-state index contributed by atoms with van der Waals surface area (Å²) < 4.78 is 5.33. The Kier molecular flexibility index (Phi) is 4.84. The summed E-state index contributed by atoms with van der Waals surface area (Å²) in [7, 11) is 0. The van der Waals surface area contributed by atoms with Gasteiger partial charge in [0, 0.05) is 19.2 Å². The Hall–Kier alpha value is -0.810. The molecule has 0 spiro atoms. The van der Waals surface area contributed by atoms with Crippen LogP contribution in [0.15, 0.2) is 5.16 Å². The lowest BCUT2D eigenvalue weighted by molar-refractivity contribution is 0.161. The molecule has 1 saturated heterocycles. The smallest absolute Gasteiger partial charge is 0.153 e. The Morgan fingerprint density at radius 2 is 2.40 bits per heavy atom. The third-order valence-corrected chi connectivity index (χ3v) is 2.74. The number of hydrogen-bond donors (Lipinski definition) is 2. The molecule has 1 rings (SSSR count). The summed E-state index contributed by atoms with van der Waals surface area (Å²) in [6.45, 7) is 7.39. The summed E-state index contributed by atoms with van der Waals surface area (Å²) in [6, 6.07) is 0.394. The third kappa shape index (κ3) is 4.05. The Morgan fingerprint density at radius 1 is 1.67 bits per heavy atom. The first-order chi connectivity index (χ1) is 7.13. The minimum absolute atomic E-state index is 0.266. The van der Waals surface area contributed by atoms with Gasteiger partial charge in [0.15, 0.2) is 5.84 Å². The Morgan fingerprint density at radius 3 is 2.87 bits per heavy atom. The molecule has 88 valence electrons. The molecule has 1 aliphatic rings. The molecule has 5 heteroatoms. The van der Waals surface area contributed by atoms with Gasteiger partial charge in [-0.3, -0.25) is 4.90 Å². The molecule has 0 saturated carbocycles. The first kappa shape index (κ1) is 12.3. The molecule has 15 heavy (non-hydrogen) atoms. The van der Waals surface area contributed by atoms with E-state index < -0.39 is 0 Å². The van der Waals surface area contributed by atoms with Crippen LogP contribution in [0, 0.1) is 5.92 Å². The van der Waals surface area contributed by atoms with E-state index in [1.165, 1.54) is 0 Å². The van der Waals surface area contributed by atoms with Gasteiger partial charge in [0.05, 0.1) is 13.2 Å². The SMILES string of the molecule is CC(C)N(CC(N)=NO)CC1CCOC1. The van der Waals surface area contributed by atoms with E-state index in [1.807, 2.05) is 0 Å². The first-order valence-electron chi connectivity index (χ1n) is 5.41. The maximum absolute atomic E-state index is 8.54. The second-order valence-corrected chi connectivity index (χ2v) is 4.34. The monoisotopic (exact) mass is 215 g/mol. The van der Waals surface area contributed by atoms with Gasteiger partial charge < -0.3 is 15.7 Å². The molecule has 3 N–H and O–H groups in total. The number of amidine groups is 1. The van der Waals surface area contributed by atoms with Crippen LogP contribution < -0.4 is 5.73 Å². The van der Waals surface area contributed by atoms with Gasteiger partial charge in [-0.2, -0.15) is 0 Å². The number of rotatable bonds is 5. The highest BCUT2D eigenvalue weighted by Gasteiger charge is 2.21. The zero-order valence-electron chi connectivity index (χ0n) is 9.52. The molecule has 5 nitrogen and oxygen atoms in total. The van der Waals surface area contributed by atoms with Gasteiger partial charge in [-0.25, -0.2) is 0 Å². The lowest BCUT2D eigenvalue weighted by Crippen LogP contribution is -2.41. The van der Waals surface area contributed by atoms with Gasteiger partial charge >= 0.3 is 0 Å². The molecule has 1 fully saturated rings. The second-order valence-electron chi connectivity index (χ2n) is 4.34. The second kappa shape index (κ2) is 5.92. The zero-order valence-corrected chi connectivity index (χ0v) is 9.52. The van der Waals surface area contributed by atoms with E-state index in [0.29, 0.717) is 18.5 Å². The van der Waals surface area contributed by atoms with E-state index in [4.69, 9.17) is 15.7 Å².